The van der Waals surface area contributed by atoms with Crippen LogP contribution in [0.4, 0.5) is 4.39 Å². The van der Waals surface area contributed by atoms with E-state index >= 15 is 0 Å². The summed E-state index contributed by atoms with van der Waals surface area (Å²) in [5.41, 5.74) is 1.53. The molecule has 2 aliphatic rings. The second-order valence-corrected chi connectivity index (χ2v) is 9.82. The normalized spacial score (nSPS) is 22.4. The van der Waals surface area contributed by atoms with E-state index in [1.54, 1.807) is 12.1 Å². The van der Waals surface area contributed by atoms with Crippen molar-refractivity contribution in [3.8, 4) is 5.75 Å². The molecule has 3 aromatic rings. The highest BCUT2D eigenvalue weighted by atomic mass is 19.1. The molecule has 2 aliphatic heterocycles. The number of hydrogen-bond acceptors (Lipinski definition) is 4. The average Bonchev–Trinajstić information content (AvgIpc) is 3.33. The summed E-state index contributed by atoms with van der Waals surface area (Å²) in [7, 11) is 0. The molecule has 2 atom stereocenters. The van der Waals surface area contributed by atoms with Crippen molar-refractivity contribution >= 4 is 16.8 Å². The van der Waals surface area contributed by atoms with Gasteiger partial charge in [0.15, 0.2) is 5.69 Å². The van der Waals surface area contributed by atoms with Gasteiger partial charge in [-0.2, -0.15) is 5.10 Å². The van der Waals surface area contributed by atoms with Gasteiger partial charge in [-0.25, -0.2) is 4.39 Å². The Bertz CT molecular complexity index is 1130. The number of nitrogens with one attached hydrogen (secondary N) is 1. The minimum Gasteiger partial charge on any atom is -0.494 e. The van der Waals surface area contributed by atoms with Crippen LogP contribution in [0, 0.1) is 5.82 Å². The van der Waals surface area contributed by atoms with Gasteiger partial charge in [-0.05, 0) is 76.3 Å². The maximum atomic E-state index is 13.2. The highest BCUT2D eigenvalue weighted by Crippen LogP contribution is 2.36. The molecule has 7 heteroatoms. The van der Waals surface area contributed by atoms with Crippen LogP contribution in [0.3, 0.4) is 0 Å². The minimum atomic E-state index is -0.250. The number of carbonyl (C=O) groups is 1. The summed E-state index contributed by atoms with van der Waals surface area (Å²) in [5.74, 6) is 0.389. The third-order valence-electron chi connectivity index (χ3n) is 7.18. The number of aromatic nitrogens is 2. The molecule has 2 saturated heterocycles. The molecule has 1 aromatic heterocycles. The first-order chi connectivity index (χ1) is 16.5. The fourth-order valence-corrected chi connectivity index (χ4v) is 5.63. The van der Waals surface area contributed by atoms with E-state index in [1.807, 2.05) is 28.9 Å². The molecule has 2 unspecified atom stereocenters. The monoisotopic (exact) mass is 464 g/mol. The van der Waals surface area contributed by atoms with E-state index in [0.29, 0.717) is 30.1 Å². The van der Waals surface area contributed by atoms with Crippen molar-refractivity contribution in [2.24, 2.45) is 0 Å². The van der Waals surface area contributed by atoms with Gasteiger partial charge in [-0.1, -0.05) is 18.2 Å². The lowest BCUT2D eigenvalue weighted by Crippen LogP contribution is -2.50. The Hall–Kier alpha value is -2.93. The predicted molar refractivity (Wildman–Crippen MR) is 131 cm³/mol. The van der Waals surface area contributed by atoms with Crippen LogP contribution in [0.25, 0.3) is 10.9 Å². The molecule has 0 aliphatic carbocycles. The maximum Gasteiger partial charge on any atom is 0.272 e. The van der Waals surface area contributed by atoms with Crippen molar-refractivity contribution in [2.45, 2.75) is 70.1 Å². The SMILES string of the molecule is CC(C)n1nc(C(=O)NC2CC3CCC(C2)N3CCCOc2ccc(F)cc2)c2ccccc21. The first kappa shape index (κ1) is 22.8. The number of benzene rings is 2. The predicted octanol–water partition coefficient (Wildman–Crippen LogP) is 4.95. The van der Waals surface area contributed by atoms with Crippen LogP contribution in [0.1, 0.15) is 62.5 Å². The number of para-hydroxylation sites is 1. The van der Waals surface area contributed by atoms with Gasteiger partial charge in [-0.3, -0.25) is 14.4 Å². The van der Waals surface area contributed by atoms with Gasteiger partial charge in [0.05, 0.1) is 12.1 Å². The van der Waals surface area contributed by atoms with E-state index in [0.717, 1.165) is 36.7 Å². The highest BCUT2D eigenvalue weighted by Gasteiger charge is 2.40. The topological polar surface area (TPSA) is 59.4 Å². The largest absolute Gasteiger partial charge is 0.494 e. The van der Waals surface area contributed by atoms with Gasteiger partial charge < -0.3 is 10.1 Å². The van der Waals surface area contributed by atoms with Gasteiger partial charge in [0.2, 0.25) is 0 Å². The van der Waals surface area contributed by atoms with Crippen LogP contribution in [0.2, 0.25) is 0 Å². The van der Waals surface area contributed by atoms with Crippen LogP contribution in [-0.2, 0) is 0 Å². The number of carbonyl (C=O) groups excluding carboxylic acids is 1. The van der Waals surface area contributed by atoms with Gasteiger partial charge in [0.1, 0.15) is 11.6 Å². The van der Waals surface area contributed by atoms with Crippen LogP contribution < -0.4 is 10.1 Å². The molecule has 0 saturated carbocycles. The molecular weight excluding hydrogens is 431 g/mol. The number of ether oxygens (including phenoxy) is 1. The smallest absolute Gasteiger partial charge is 0.272 e. The summed E-state index contributed by atoms with van der Waals surface area (Å²) >= 11 is 0. The molecule has 0 spiro atoms. The quantitative estimate of drug-likeness (QED) is 0.479. The molecular formula is C27H33FN4O2. The lowest BCUT2D eigenvalue weighted by atomic mass is 9.96. The molecule has 180 valence electrons. The zero-order chi connectivity index (χ0) is 23.7. The number of nitrogens with zero attached hydrogens (tertiary/aromatic N) is 3. The molecule has 2 fully saturated rings. The van der Waals surface area contributed by atoms with Crippen LogP contribution in [0.5, 0.6) is 5.75 Å². The lowest BCUT2D eigenvalue weighted by molar-refractivity contribution is 0.0828. The molecule has 34 heavy (non-hydrogen) atoms. The van der Waals surface area contributed by atoms with Crippen molar-refractivity contribution in [3.63, 3.8) is 0 Å². The van der Waals surface area contributed by atoms with E-state index in [2.05, 4.69) is 29.2 Å². The maximum absolute atomic E-state index is 13.2. The summed E-state index contributed by atoms with van der Waals surface area (Å²) in [4.78, 5) is 15.8. The van der Waals surface area contributed by atoms with Crippen molar-refractivity contribution in [3.05, 3.63) is 60.0 Å². The summed E-state index contributed by atoms with van der Waals surface area (Å²) in [6.45, 7) is 5.77. The van der Waals surface area contributed by atoms with Gasteiger partial charge in [0, 0.05) is 36.1 Å². The zero-order valence-electron chi connectivity index (χ0n) is 19.9. The minimum absolute atomic E-state index is 0.0684. The van der Waals surface area contributed by atoms with Crippen LogP contribution in [0.15, 0.2) is 48.5 Å². The van der Waals surface area contributed by atoms with E-state index in [9.17, 15) is 9.18 Å². The number of rotatable bonds is 8. The van der Waals surface area contributed by atoms with Crippen molar-refractivity contribution in [2.75, 3.05) is 13.2 Å². The Morgan fingerprint density at radius 2 is 1.82 bits per heavy atom. The molecule has 5 rings (SSSR count). The Morgan fingerprint density at radius 3 is 2.53 bits per heavy atom. The second-order valence-electron chi connectivity index (χ2n) is 9.82. The van der Waals surface area contributed by atoms with Gasteiger partial charge in [0.25, 0.3) is 5.91 Å². The molecule has 3 heterocycles. The number of piperidine rings is 1. The summed E-state index contributed by atoms with van der Waals surface area (Å²) in [6.07, 6.45) is 5.25. The fourth-order valence-electron chi connectivity index (χ4n) is 5.63. The lowest BCUT2D eigenvalue weighted by Gasteiger charge is -2.39. The van der Waals surface area contributed by atoms with E-state index in [4.69, 9.17) is 4.74 Å². The van der Waals surface area contributed by atoms with Crippen molar-refractivity contribution in [1.29, 1.82) is 0 Å². The highest BCUT2D eigenvalue weighted by molar-refractivity contribution is 6.05. The van der Waals surface area contributed by atoms with E-state index in [-0.39, 0.29) is 23.8 Å². The number of fused-ring (bicyclic) bond motifs is 3. The first-order valence-electron chi connectivity index (χ1n) is 12.4. The number of hydrogen-bond donors (Lipinski definition) is 1. The zero-order valence-corrected chi connectivity index (χ0v) is 19.9. The summed E-state index contributed by atoms with van der Waals surface area (Å²) in [6, 6.07) is 15.5. The Labute approximate surface area is 200 Å². The Morgan fingerprint density at radius 1 is 1.12 bits per heavy atom. The molecule has 2 aromatic carbocycles. The van der Waals surface area contributed by atoms with E-state index in [1.165, 1.54) is 25.0 Å². The fraction of sp³-hybridized carbons (Fsp3) is 0.481. The first-order valence-corrected chi connectivity index (χ1v) is 12.4. The molecule has 1 N–H and O–H groups in total. The standard InChI is InChI=1S/C27H33FN4O2/c1-18(2)32-25-7-4-3-6-24(25)26(30-32)27(33)29-20-16-21-10-11-22(17-20)31(21)14-5-15-34-23-12-8-19(28)9-13-23/h3-4,6-9,12-13,18,20-22H,5,10-11,14-17H2,1-2H3,(H,29,33). The Kier molecular flexibility index (Phi) is 6.55. The average molecular weight is 465 g/mol. The van der Waals surface area contributed by atoms with Crippen molar-refractivity contribution in [1.82, 2.24) is 20.0 Å². The van der Waals surface area contributed by atoms with Gasteiger partial charge in [-0.15, -0.1) is 0 Å². The van der Waals surface area contributed by atoms with Crippen LogP contribution >= 0.6 is 0 Å². The summed E-state index contributed by atoms with van der Waals surface area (Å²) in [5, 5.41) is 8.87. The molecule has 0 radical (unpaired) electrons. The molecule has 6 nitrogen and oxygen atoms in total. The number of halogens is 1. The molecule has 2 bridgehead atoms. The summed E-state index contributed by atoms with van der Waals surface area (Å²) < 4.78 is 20.7. The van der Waals surface area contributed by atoms with E-state index < -0.39 is 0 Å². The third kappa shape index (κ3) is 4.67. The number of amides is 1. The molecule has 1 amide bonds. The van der Waals surface area contributed by atoms with Crippen molar-refractivity contribution < 1.29 is 13.9 Å². The third-order valence-corrected chi connectivity index (χ3v) is 7.18. The second kappa shape index (κ2) is 9.74. The Balaban J connectivity index is 1.16. The van der Waals surface area contributed by atoms with Gasteiger partial charge >= 0.3 is 0 Å². The van der Waals surface area contributed by atoms with Crippen LogP contribution in [-0.4, -0.2) is 51.9 Å².